The normalized spacial score (nSPS) is 12.2. The zero-order chi connectivity index (χ0) is 24.9. The number of benzene rings is 3. The molecule has 0 aliphatic heterocycles. The lowest BCUT2D eigenvalue weighted by molar-refractivity contribution is -0.122. The molecule has 0 aromatic heterocycles. The molecule has 2 N–H and O–H groups in total. The number of nitrogens with one attached hydrogen (secondary N) is 2. The third kappa shape index (κ3) is 6.47. The molecule has 0 fully saturated rings. The molecule has 3 aromatic carbocycles. The minimum absolute atomic E-state index is 0.0270. The molecule has 5 nitrogen and oxygen atoms in total. The van der Waals surface area contributed by atoms with Crippen LogP contribution in [0.5, 0.6) is 5.75 Å². The Hall–Kier alpha value is -3.60. The lowest BCUT2D eigenvalue weighted by Gasteiger charge is -2.19. The Balaban J connectivity index is 1.64. The number of carbonyl (C=O) groups excluding carboxylic acids is 2. The monoisotopic (exact) mass is 458 g/mol. The number of anilines is 2. The number of hydrogen-bond donors (Lipinski definition) is 2. The molecule has 3 rings (SSSR count). The number of ether oxygens (including phenoxy) is 1. The summed E-state index contributed by atoms with van der Waals surface area (Å²) < 4.78 is 5.95. The first-order valence-corrected chi connectivity index (χ1v) is 11.6. The van der Waals surface area contributed by atoms with Crippen LogP contribution in [0, 0.1) is 0 Å². The van der Waals surface area contributed by atoms with Crippen molar-refractivity contribution in [3.63, 3.8) is 0 Å². The molecule has 1 atom stereocenters. The fraction of sp³-hybridized carbons (Fsp3) is 0.310. The highest BCUT2D eigenvalue weighted by Crippen LogP contribution is 2.27. The number of amides is 2. The maximum atomic E-state index is 12.7. The van der Waals surface area contributed by atoms with E-state index in [1.54, 1.807) is 31.2 Å². The maximum absolute atomic E-state index is 12.7. The molecule has 0 saturated carbocycles. The summed E-state index contributed by atoms with van der Waals surface area (Å²) in [7, 11) is 0. The van der Waals surface area contributed by atoms with Gasteiger partial charge in [-0.2, -0.15) is 0 Å². The van der Waals surface area contributed by atoms with Gasteiger partial charge in [-0.1, -0.05) is 71.0 Å². The first kappa shape index (κ1) is 25.0. The summed E-state index contributed by atoms with van der Waals surface area (Å²) >= 11 is 0. The average molecular weight is 459 g/mol. The molecule has 5 heteroatoms. The SMILES string of the molecule is CC(Oc1ccccc1C(C)C)C(=O)Nc1cccc(NC(=O)c2ccc(C(C)(C)C)cc2)c1. The van der Waals surface area contributed by atoms with Crippen LogP contribution < -0.4 is 15.4 Å². The van der Waals surface area contributed by atoms with Crippen LogP contribution in [-0.4, -0.2) is 17.9 Å². The van der Waals surface area contributed by atoms with Gasteiger partial charge in [0, 0.05) is 16.9 Å². The quantitative estimate of drug-likeness (QED) is 0.411. The molecule has 178 valence electrons. The Labute approximate surface area is 202 Å². The minimum Gasteiger partial charge on any atom is -0.481 e. The molecule has 1 unspecified atom stereocenters. The van der Waals surface area contributed by atoms with Gasteiger partial charge < -0.3 is 15.4 Å². The van der Waals surface area contributed by atoms with E-state index < -0.39 is 6.10 Å². The highest BCUT2D eigenvalue weighted by Gasteiger charge is 2.18. The summed E-state index contributed by atoms with van der Waals surface area (Å²) in [5, 5.41) is 5.77. The van der Waals surface area contributed by atoms with Gasteiger partial charge in [-0.25, -0.2) is 0 Å². The predicted molar refractivity (Wildman–Crippen MR) is 139 cm³/mol. The van der Waals surface area contributed by atoms with E-state index in [0.29, 0.717) is 22.7 Å². The van der Waals surface area contributed by atoms with Gasteiger partial charge >= 0.3 is 0 Å². The molecule has 0 saturated heterocycles. The molecule has 0 radical (unpaired) electrons. The summed E-state index contributed by atoms with van der Waals surface area (Å²) in [4.78, 5) is 25.4. The second kappa shape index (κ2) is 10.6. The molecule has 0 spiro atoms. The van der Waals surface area contributed by atoms with Crippen molar-refractivity contribution in [2.24, 2.45) is 0 Å². The van der Waals surface area contributed by atoms with Crippen molar-refractivity contribution in [1.29, 1.82) is 0 Å². The first-order chi connectivity index (χ1) is 16.0. The van der Waals surface area contributed by atoms with E-state index in [0.717, 1.165) is 5.56 Å². The maximum Gasteiger partial charge on any atom is 0.265 e. The molecule has 0 bridgehead atoms. The van der Waals surface area contributed by atoms with Crippen LogP contribution in [0.3, 0.4) is 0 Å². The Kier molecular flexibility index (Phi) is 7.77. The van der Waals surface area contributed by atoms with E-state index in [2.05, 4.69) is 45.3 Å². The Morgan fingerprint density at radius 2 is 1.41 bits per heavy atom. The fourth-order valence-electron chi connectivity index (χ4n) is 3.55. The van der Waals surface area contributed by atoms with E-state index in [9.17, 15) is 9.59 Å². The van der Waals surface area contributed by atoms with Gasteiger partial charge in [-0.05, 0) is 65.8 Å². The molecule has 0 aliphatic rings. The molecular weight excluding hydrogens is 424 g/mol. The van der Waals surface area contributed by atoms with Crippen LogP contribution in [0.25, 0.3) is 0 Å². The third-order valence-electron chi connectivity index (χ3n) is 5.62. The van der Waals surface area contributed by atoms with Gasteiger partial charge in [-0.15, -0.1) is 0 Å². The zero-order valence-electron chi connectivity index (χ0n) is 20.8. The van der Waals surface area contributed by atoms with Crippen molar-refractivity contribution >= 4 is 23.2 Å². The summed E-state index contributed by atoms with van der Waals surface area (Å²) in [5.41, 5.74) is 4.01. The molecule has 0 aliphatic carbocycles. The number of rotatable bonds is 7. The van der Waals surface area contributed by atoms with E-state index in [1.165, 1.54) is 5.56 Å². The van der Waals surface area contributed by atoms with Crippen LogP contribution in [0.15, 0.2) is 72.8 Å². The van der Waals surface area contributed by atoms with Crippen molar-refractivity contribution in [2.45, 2.75) is 59.0 Å². The second-order valence-electron chi connectivity index (χ2n) is 9.80. The summed E-state index contributed by atoms with van der Waals surface area (Å²) in [6.07, 6.45) is -0.681. The van der Waals surface area contributed by atoms with Crippen molar-refractivity contribution < 1.29 is 14.3 Å². The zero-order valence-corrected chi connectivity index (χ0v) is 20.8. The van der Waals surface area contributed by atoms with Gasteiger partial charge in [0.1, 0.15) is 5.75 Å². The van der Waals surface area contributed by atoms with Crippen molar-refractivity contribution in [3.05, 3.63) is 89.5 Å². The smallest absolute Gasteiger partial charge is 0.265 e. The van der Waals surface area contributed by atoms with Gasteiger partial charge in [0.15, 0.2) is 6.10 Å². The molecule has 3 aromatic rings. The average Bonchev–Trinajstić information content (AvgIpc) is 2.79. The van der Waals surface area contributed by atoms with Gasteiger partial charge in [0.2, 0.25) is 0 Å². The first-order valence-electron chi connectivity index (χ1n) is 11.6. The van der Waals surface area contributed by atoms with Crippen LogP contribution in [0.2, 0.25) is 0 Å². The highest BCUT2D eigenvalue weighted by atomic mass is 16.5. The lowest BCUT2D eigenvalue weighted by atomic mass is 9.87. The molecule has 0 heterocycles. The van der Waals surface area contributed by atoms with E-state index in [4.69, 9.17) is 4.74 Å². The number of carbonyl (C=O) groups is 2. The standard InChI is InChI=1S/C29H34N2O3/c1-19(2)25-12-7-8-13-26(25)34-20(3)27(32)30-23-10-9-11-24(18-23)31-28(33)21-14-16-22(17-15-21)29(4,5)6/h7-20H,1-6H3,(H,30,32)(H,31,33). The molecule has 34 heavy (non-hydrogen) atoms. The van der Waals surface area contributed by atoms with Gasteiger partial charge in [0.05, 0.1) is 0 Å². The van der Waals surface area contributed by atoms with E-state index in [-0.39, 0.29) is 23.1 Å². The largest absolute Gasteiger partial charge is 0.481 e. The highest BCUT2D eigenvalue weighted by molar-refractivity contribution is 6.04. The fourth-order valence-corrected chi connectivity index (χ4v) is 3.55. The second-order valence-corrected chi connectivity index (χ2v) is 9.80. The minimum atomic E-state index is -0.681. The van der Waals surface area contributed by atoms with Crippen LogP contribution in [0.1, 0.15) is 68.9 Å². The van der Waals surface area contributed by atoms with E-state index >= 15 is 0 Å². The Bertz CT molecular complexity index is 1140. The van der Waals surface area contributed by atoms with Crippen LogP contribution in [-0.2, 0) is 10.2 Å². The summed E-state index contributed by atoms with van der Waals surface area (Å²) in [6, 6.07) is 22.4. The van der Waals surface area contributed by atoms with Crippen LogP contribution >= 0.6 is 0 Å². The van der Waals surface area contributed by atoms with Crippen LogP contribution in [0.4, 0.5) is 11.4 Å². The van der Waals surface area contributed by atoms with Crippen molar-refractivity contribution in [1.82, 2.24) is 0 Å². The molecule has 2 amide bonds. The lowest BCUT2D eigenvalue weighted by Crippen LogP contribution is -2.30. The topological polar surface area (TPSA) is 67.4 Å². The van der Waals surface area contributed by atoms with E-state index in [1.807, 2.05) is 48.5 Å². The summed E-state index contributed by atoms with van der Waals surface area (Å²) in [5.74, 6) is 0.529. The Morgan fingerprint density at radius 1 is 0.794 bits per heavy atom. The number of para-hydroxylation sites is 1. The number of hydrogen-bond acceptors (Lipinski definition) is 3. The molecular formula is C29H34N2O3. The van der Waals surface area contributed by atoms with Crippen molar-refractivity contribution in [3.8, 4) is 5.75 Å². The van der Waals surface area contributed by atoms with Crippen molar-refractivity contribution in [2.75, 3.05) is 10.6 Å². The summed E-state index contributed by atoms with van der Waals surface area (Å²) in [6.45, 7) is 12.3. The predicted octanol–water partition coefficient (Wildman–Crippen LogP) is 6.77. The van der Waals surface area contributed by atoms with Gasteiger partial charge in [-0.3, -0.25) is 9.59 Å². The van der Waals surface area contributed by atoms with Gasteiger partial charge in [0.25, 0.3) is 11.8 Å². The Morgan fingerprint density at radius 3 is 2.03 bits per heavy atom. The third-order valence-corrected chi connectivity index (χ3v) is 5.62.